The number of nitrogens with zero attached hydrogens (tertiary/aromatic N) is 1. The van der Waals surface area contributed by atoms with Crippen LogP contribution in [0, 0.1) is 5.92 Å². The smallest absolute Gasteiger partial charge is 0.390 e. The Hall–Kier alpha value is -1.56. The monoisotopic (exact) mass is 315 g/mol. The van der Waals surface area contributed by atoms with Crippen molar-refractivity contribution in [2.45, 2.75) is 38.5 Å². The van der Waals surface area contributed by atoms with E-state index in [0.717, 1.165) is 6.07 Å². The molecule has 1 heterocycles. The molecule has 1 saturated heterocycles. The Bertz CT molecular complexity index is 555. The molecule has 0 saturated carbocycles. The number of hydrogen-bond acceptors (Lipinski definition) is 2. The second kappa shape index (κ2) is 5.91. The maximum Gasteiger partial charge on any atom is 0.416 e. The lowest BCUT2D eigenvalue weighted by Gasteiger charge is -2.41. The number of piperidine rings is 1. The Balaban J connectivity index is 2.11. The zero-order chi connectivity index (χ0) is 16.5. The van der Waals surface area contributed by atoms with E-state index in [2.05, 4.69) is 0 Å². The summed E-state index contributed by atoms with van der Waals surface area (Å²) in [4.78, 5) is 13.8. The van der Waals surface area contributed by atoms with Crippen LogP contribution in [0.4, 0.5) is 13.2 Å². The van der Waals surface area contributed by atoms with Crippen molar-refractivity contribution in [1.82, 2.24) is 4.90 Å². The number of amides is 1. The van der Waals surface area contributed by atoms with Crippen LogP contribution in [0.15, 0.2) is 24.3 Å². The van der Waals surface area contributed by atoms with Crippen LogP contribution in [-0.4, -0.2) is 34.6 Å². The Labute approximate surface area is 127 Å². The van der Waals surface area contributed by atoms with E-state index in [1.165, 1.54) is 23.1 Å². The van der Waals surface area contributed by atoms with E-state index in [9.17, 15) is 23.1 Å². The van der Waals surface area contributed by atoms with Gasteiger partial charge in [-0.1, -0.05) is 25.1 Å². The SMILES string of the molecule is C[C@H]1CN(C(=O)Cc2ccccc2C(F)(F)F)CC[C@@]1(C)O. The fraction of sp³-hybridized carbons (Fsp3) is 0.562. The third-order valence-corrected chi connectivity index (χ3v) is 4.46. The molecular weight excluding hydrogens is 295 g/mol. The summed E-state index contributed by atoms with van der Waals surface area (Å²) in [5.41, 5.74) is -1.61. The van der Waals surface area contributed by atoms with Crippen LogP contribution in [0.5, 0.6) is 0 Å². The molecule has 1 aromatic carbocycles. The molecule has 1 amide bonds. The van der Waals surface area contributed by atoms with Gasteiger partial charge in [0.15, 0.2) is 0 Å². The van der Waals surface area contributed by atoms with Gasteiger partial charge in [-0.15, -0.1) is 0 Å². The van der Waals surface area contributed by atoms with Crippen molar-refractivity contribution in [2.24, 2.45) is 5.92 Å². The molecule has 2 rings (SSSR count). The number of aliphatic hydroxyl groups is 1. The van der Waals surface area contributed by atoms with E-state index in [1.54, 1.807) is 6.92 Å². The summed E-state index contributed by atoms with van der Waals surface area (Å²) in [5.74, 6) is -0.442. The Morgan fingerprint density at radius 3 is 2.64 bits per heavy atom. The first-order valence-corrected chi connectivity index (χ1v) is 7.26. The van der Waals surface area contributed by atoms with Gasteiger partial charge in [0, 0.05) is 19.0 Å². The van der Waals surface area contributed by atoms with Crippen molar-refractivity contribution in [3.63, 3.8) is 0 Å². The topological polar surface area (TPSA) is 40.5 Å². The number of carbonyl (C=O) groups excluding carboxylic acids is 1. The van der Waals surface area contributed by atoms with Gasteiger partial charge in [0.2, 0.25) is 5.91 Å². The Morgan fingerprint density at radius 1 is 1.41 bits per heavy atom. The largest absolute Gasteiger partial charge is 0.416 e. The number of alkyl halides is 3. The van der Waals surface area contributed by atoms with Crippen molar-refractivity contribution in [3.8, 4) is 0 Å². The van der Waals surface area contributed by atoms with E-state index in [4.69, 9.17) is 0 Å². The van der Waals surface area contributed by atoms with Crippen LogP contribution in [0.25, 0.3) is 0 Å². The van der Waals surface area contributed by atoms with Crippen LogP contribution < -0.4 is 0 Å². The number of likely N-dealkylation sites (tertiary alicyclic amines) is 1. The molecule has 0 bridgehead atoms. The fourth-order valence-corrected chi connectivity index (χ4v) is 2.68. The normalized spacial score (nSPS) is 26.1. The second-order valence-corrected chi connectivity index (χ2v) is 6.18. The van der Waals surface area contributed by atoms with Gasteiger partial charge in [0.05, 0.1) is 17.6 Å². The molecule has 1 fully saturated rings. The molecule has 1 N–H and O–H groups in total. The maximum atomic E-state index is 12.9. The highest BCUT2D eigenvalue weighted by molar-refractivity contribution is 5.79. The summed E-state index contributed by atoms with van der Waals surface area (Å²) in [7, 11) is 0. The van der Waals surface area contributed by atoms with E-state index in [-0.39, 0.29) is 23.8 Å². The van der Waals surface area contributed by atoms with Crippen molar-refractivity contribution in [2.75, 3.05) is 13.1 Å². The summed E-state index contributed by atoms with van der Waals surface area (Å²) in [6, 6.07) is 5.15. The standard InChI is InChI=1S/C16H20F3NO2/c1-11-10-20(8-7-15(11,2)22)14(21)9-12-5-3-4-6-13(12)16(17,18)19/h3-6,11,22H,7-10H2,1-2H3/t11-,15+/m0/s1. The maximum absolute atomic E-state index is 12.9. The van der Waals surface area contributed by atoms with Crippen LogP contribution in [0.2, 0.25) is 0 Å². The fourth-order valence-electron chi connectivity index (χ4n) is 2.68. The van der Waals surface area contributed by atoms with E-state index >= 15 is 0 Å². The number of carbonyl (C=O) groups is 1. The van der Waals surface area contributed by atoms with Gasteiger partial charge in [0.1, 0.15) is 0 Å². The quantitative estimate of drug-likeness (QED) is 0.912. The van der Waals surface area contributed by atoms with Gasteiger partial charge in [-0.25, -0.2) is 0 Å². The van der Waals surface area contributed by atoms with E-state index < -0.39 is 17.3 Å². The highest BCUT2D eigenvalue weighted by atomic mass is 19.4. The lowest BCUT2D eigenvalue weighted by Crippen LogP contribution is -2.51. The summed E-state index contributed by atoms with van der Waals surface area (Å²) >= 11 is 0. The third kappa shape index (κ3) is 3.61. The number of benzene rings is 1. The number of rotatable bonds is 2. The van der Waals surface area contributed by atoms with Crippen molar-refractivity contribution in [3.05, 3.63) is 35.4 Å². The third-order valence-electron chi connectivity index (χ3n) is 4.46. The van der Waals surface area contributed by atoms with Gasteiger partial charge in [-0.05, 0) is 25.0 Å². The first-order chi connectivity index (χ1) is 10.1. The Morgan fingerprint density at radius 2 is 2.05 bits per heavy atom. The predicted molar refractivity (Wildman–Crippen MR) is 76.1 cm³/mol. The lowest BCUT2D eigenvalue weighted by molar-refractivity contribution is -0.140. The minimum Gasteiger partial charge on any atom is -0.390 e. The van der Waals surface area contributed by atoms with Crippen molar-refractivity contribution >= 4 is 5.91 Å². The molecule has 1 aromatic rings. The molecule has 0 unspecified atom stereocenters. The average Bonchev–Trinajstić information content (AvgIpc) is 2.41. The summed E-state index contributed by atoms with van der Waals surface area (Å²) in [6.45, 7) is 4.28. The lowest BCUT2D eigenvalue weighted by atomic mass is 9.84. The summed E-state index contributed by atoms with van der Waals surface area (Å²) < 4.78 is 38.8. The molecule has 0 aromatic heterocycles. The molecule has 1 aliphatic heterocycles. The highest BCUT2D eigenvalue weighted by Crippen LogP contribution is 2.33. The molecule has 22 heavy (non-hydrogen) atoms. The predicted octanol–water partition coefficient (Wildman–Crippen LogP) is 2.87. The molecule has 3 nitrogen and oxygen atoms in total. The minimum absolute atomic E-state index is 0.00927. The number of halogens is 3. The first kappa shape index (κ1) is 16.8. The zero-order valence-electron chi connectivity index (χ0n) is 12.7. The molecule has 1 aliphatic rings. The van der Waals surface area contributed by atoms with Crippen LogP contribution in [0.3, 0.4) is 0 Å². The molecule has 0 aliphatic carbocycles. The van der Waals surface area contributed by atoms with Crippen molar-refractivity contribution in [1.29, 1.82) is 0 Å². The molecule has 0 radical (unpaired) electrons. The summed E-state index contributed by atoms with van der Waals surface area (Å²) in [5, 5.41) is 10.1. The van der Waals surface area contributed by atoms with Gasteiger partial charge in [-0.3, -0.25) is 4.79 Å². The van der Waals surface area contributed by atoms with Crippen LogP contribution in [-0.2, 0) is 17.4 Å². The van der Waals surface area contributed by atoms with E-state index in [1.807, 2.05) is 6.92 Å². The van der Waals surface area contributed by atoms with Crippen LogP contribution in [0.1, 0.15) is 31.4 Å². The molecule has 0 spiro atoms. The minimum atomic E-state index is -4.46. The zero-order valence-corrected chi connectivity index (χ0v) is 12.7. The first-order valence-electron chi connectivity index (χ1n) is 7.26. The van der Waals surface area contributed by atoms with Crippen LogP contribution >= 0.6 is 0 Å². The van der Waals surface area contributed by atoms with Gasteiger partial charge in [-0.2, -0.15) is 13.2 Å². The molecule has 6 heteroatoms. The second-order valence-electron chi connectivity index (χ2n) is 6.18. The molecular formula is C16H20F3NO2. The molecule has 2 atom stereocenters. The van der Waals surface area contributed by atoms with Gasteiger partial charge >= 0.3 is 6.18 Å². The highest BCUT2D eigenvalue weighted by Gasteiger charge is 2.37. The molecule has 122 valence electrons. The average molecular weight is 315 g/mol. The Kier molecular flexibility index (Phi) is 4.52. The number of hydrogen-bond donors (Lipinski definition) is 1. The van der Waals surface area contributed by atoms with E-state index in [0.29, 0.717) is 19.5 Å². The van der Waals surface area contributed by atoms with Crippen molar-refractivity contribution < 1.29 is 23.1 Å². The van der Waals surface area contributed by atoms with Gasteiger partial charge < -0.3 is 10.0 Å². The summed E-state index contributed by atoms with van der Waals surface area (Å²) in [6.07, 6.45) is -4.30. The van der Waals surface area contributed by atoms with Gasteiger partial charge in [0.25, 0.3) is 0 Å².